The van der Waals surface area contributed by atoms with Gasteiger partial charge in [0.05, 0.1) is 0 Å². The van der Waals surface area contributed by atoms with Gasteiger partial charge < -0.3 is 11.1 Å². The Hall–Kier alpha value is -0.0300. The van der Waals surface area contributed by atoms with E-state index < -0.39 is 0 Å². The molecule has 0 aromatic rings. The van der Waals surface area contributed by atoms with Crippen molar-refractivity contribution in [3.8, 4) is 0 Å². The molecule has 0 bridgehead atoms. The van der Waals surface area contributed by atoms with Crippen LogP contribution in [0.4, 0.5) is 0 Å². The van der Waals surface area contributed by atoms with Crippen molar-refractivity contribution in [2.45, 2.75) is 64.3 Å². The lowest BCUT2D eigenvalue weighted by molar-refractivity contribution is -0.123. The lowest BCUT2D eigenvalue weighted by Crippen LogP contribution is -2.41. The second-order valence-corrected chi connectivity index (χ2v) is 6.65. The molecule has 2 aliphatic rings. The van der Waals surface area contributed by atoms with Crippen LogP contribution >= 0.6 is 24.8 Å². The summed E-state index contributed by atoms with van der Waals surface area (Å²) in [6.07, 6.45) is 9.30. The maximum atomic E-state index is 12.1. The topological polar surface area (TPSA) is 58.4 Å². The zero-order valence-electron chi connectivity index (χ0n) is 13.8. The number of carbonyl (C=O) groups is 1. The predicted octanol–water partition coefficient (Wildman–Crippen LogP) is 2.73. The van der Waals surface area contributed by atoms with Gasteiger partial charge in [-0.1, -0.05) is 26.2 Å². The lowest BCUT2D eigenvalue weighted by Gasteiger charge is -2.35. The minimum absolute atomic E-state index is 0. The van der Waals surface area contributed by atoms with Gasteiger partial charge in [-0.15, -0.1) is 24.8 Å². The summed E-state index contributed by atoms with van der Waals surface area (Å²) in [5.41, 5.74) is 6.03. The van der Waals surface area contributed by atoms with Crippen molar-refractivity contribution >= 4 is 30.7 Å². The van der Waals surface area contributed by atoms with Crippen LogP contribution in [-0.4, -0.2) is 43.0 Å². The largest absolute Gasteiger partial charge is 0.355 e. The Balaban J connectivity index is 0.00000220. The Labute approximate surface area is 147 Å². The van der Waals surface area contributed by atoms with E-state index in [1.165, 1.54) is 32.1 Å². The van der Waals surface area contributed by atoms with E-state index in [1.54, 1.807) is 0 Å². The monoisotopic (exact) mass is 353 g/mol. The van der Waals surface area contributed by atoms with Crippen LogP contribution in [0.5, 0.6) is 0 Å². The Bertz CT molecular complexity index is 319. The zero-order chi connectivity index (χ0) is 14.4. The number of carbonyl (C=O) groups excluding carboxylic acids is 1. The molecule has 0 unspecified atom stereocenters. The number of amides is 1. The second kappa shape index (κ2) is 10.7. The molecule has 4 nitrogen and oxygen atoms in total. The van der Waals surface area contributed by atoms with E-state index in [2.05, 4.69) is 17.1 Å². The Kier molecular flexibility index (Phi) is 10.7. The van der Waals surface area contributed by atoms with E-state index in [-0.39, 0.29) is 36.1 Å². The van der Waals surface area contributed by atoms with E-state index in [0.717, 1.165) is 38.5 Å². The van der Waals surface area contributed by atoms with Crippen LogP contribution < -0.4 is 11.1 Å². The molecule has 2 saturated carbocycles. The molecule has 2 rings (SSSR count). The first-order chi connectivity index (χ1) is 9.69. The number of rotatable bonds is 8. The normalized spacial score (nSPS) is 20.0. The number of halogens is 2. The maximum absolute atomic E-state index is 12.1. The maximum Gasteiger partial charge on any atom is 0.220 e. The molecule has 22 heavy (non-hydrogen) atoms. The summed E-state index contributed by atoms with van der Waals surface area (Å²) in [4.78, 5) is 14.6. The summed E-state index contributed by atoms with van der Waals surface area (Å²) < 4.78 is 0. The fraction of sp³-hybridized carbons (Fsp3) is 0.938. The summed E-state index contributed by atoms with van der Waals surface area (Å²) in [7, 11) is 0. The van der Waals surface area contributed by atoms with Crippen molar-refractivity contribution in [2.75, 3.05) is 26.2 Å². The number of hydrogen-bond acceptors (Lipinski definition) is 3. The molecule has 132 valence electrons. The van der Waals surface area contributed by atoms with Gasteiger partial charge in [0, 0.05) is 25.6 Å². The molecule has 0 radical (unpaired) electrons. The van der Waals surface area contributed by atoms with Gasteiger partial charge in [0.2, 0.25) is 5.91 Å². The van der Waals surface area contributed by atoms with Crippen LogP contribution in [0.1, 0.15) is 58.3 Å². The van der Waals surface area contributed by atoms with Gasteiger partial charge in [-0.25, -0.2) is 0 Å². The van der Waals surface area contributed by atoms with E-state index in [9.17, 15) is 4.79 Å². The molecule has 1 amide bonds. The highest BCUT2D eigenvalue weighted by Gasteiger charge is 2.33. The predicted molar refractivity (Wildman–Crippen MR) is 97.0 cm³/mol. The number of nitrogens with zero attached hydrogens (tertiary/aromatic N) is 1. The molecule has 0 spiro atoms. The average molecular weight is 354 g/mol. The number of nitrogens with one attached hydrogen (secondary N) is 1. The summed E-state index contributed by atoms with van der Waals surface area (Å²) in [6, 6.07) is 0.783. The van der Waals surface area contributed by atoms with Gasteiger partial charge in [0.15, 0.2) is 0 Å². The van der Waals surface area contributed by atoms with Crippen molar-refractivity contribution < 1.29 is 4.79 Å². The molecule has 2 aliphatic carbocycles. The summed E-state index contributed by atoms with van der Waals surface area (Å²) in [6.45, 7) is 5.72. The minimum atomic E-state index is 0. The van der Waals surface area contributed by atoms with Crippen LogP contribution in [0.25, 0.3) is 0 Å². The Morgan fingerprint density at radius 1 is 1.23 bits per heavy atom. The molecule has 0 aromatic carbocycles. The third-order valence-electron chi connectivity index (χ3n) is 5.07. The third kappa shape index (κ3) is 6.61. The highest BCUT2D eigenvalue weighted by molar-refractivity contribution is 5.85. The van der Waals surface area contributed by atoms with Crippen LogP contribution in [0.2, 0.25) is 0 Å². The average Bonchev–Trinajstić information content (AvgIpc) is 3.29. The van der Waals surface area contributed by atoms with Gasteiger partial charge in [0.1, 0.15) is 0 Å². The first-order valence-electron chi connectivity index (χ1n) is 8.40. The van der Waals surface area contributed by atoms with Gasteiger partial charge in [-0.05, 0) is 44.2 Å². The van der Waals surface area contributed by atoms with Crippen LogP contribution in [0.3, 0.4) is 0 Å². The fourth-order valence-electron chi connectivity index (χ4n) is 3.54. The Morgan fingerprint density at radius 3 is 2.36 bits per heavy atom. The first kappa shape index (κ1) is 22.0. The standard InChI is InChI=1S/C16H31N3O.2ClH/c1-2-19(14-6-7-14)11-10-18-15(20)12-16(13-17)8-4-3-5-9-16;;/h14H,2-13,17H2,1H3,(H,18,20);2*1H. The molecule has 2 fully saturated rings. The van der Waals surface area contributed by atoms with Crippen LogP contribution in [0.15, 0.2) is 0 Å². The van der Waals surface area contributed by atoms with Crippen molar-refractivity contribution in [3.05, 3.63) is 0 Å². The molecule has 3 N–H and O–H groups in total. The van der Waals surface area contributed by atoms with E-state index in [1.807, 2.05) is 0 Å². The lowest BCUT2D eigenvalue weighted by atomic mass is 9.71. The van der Waals surface area contributed by atoms with Gasteiger partial charge in [0.25, 0.3) is 0 Å². The molecule has 0 heterocycles. The van der Waals surface area contributed by atoms with Crippen molar-refractivity contribution in [1.82, 2.24) is 10.2 Å². The van der Waals surface area contributed by atoms with E-state index >= 15 is 0 Å². The third-order valence-corrected chi connectivity index (χ3v) is 5.07. The summed E-state index contributed by atoms with van der Waals surface area (Å²) in [5.74, 6) is 0.198. The molecule has 0 saturated heterocycles. The smallest absolute Gasteiger partial charge is 0.220 e. The van der Waals surface area contributed by atoms with Gasteiger partial charge >= 0.3 is 0 Å². The highest BCUT2D eigenvalue weighted by atomic mass is 35.5. The van der Waals surface area contributed by atoms with E-state index in [0.29, 0.717) is 13.0 Å². The molecule has 0 atom stereocenters. The van der Waals surface area contributed by atoms with Crippen LogP contribution in [-0.2, 0) is 4.79 Å². The highest BCUT2D eigenvalue weighted by Crippen LogP contribution is 2.38. The fourth-order valence-corrected chi connectivity index (χ4v) is 3.54. The van der Waals surface area contributed by atoms with Crippen molar-refractivity contribution in [2.24, 2.45) is 11.1 Å². The second-order valence-electron chi connectivity index (χ2n) is 6.65. The van der Waals surface area contributed by atoms with E-state index in [4.69, 9.17) is 5.73 Å². The van der Waals surface area contributed by atoms with Crippen molar-refractivity contribution in [3.63, 3.8) is 0 Å². The van der Waals surface area contributed by atoms with Crippen LogP contribution in [0, 0.1) is 5.41 Å². The Morgan fingerprint density at radius 2 is 1.86 bits per heavy atom. The number of hydrogen-bond donors (Lipinski definition) is 2. The van der Waals surface area contributed by atoms with Gasteiger partial charge in [-0.3, -0.25) is 9.69 Å². The zero-order valence-corrected chi connectivity index (χ0v) is 15.4. The molecule has 0 aromatic heterocycles. The molecular formula is C16H33Cl2N3O. The molecule has 6 heteroatoms. The summed E-state index contributed by atoms with van der Waals surface area (Å²) >= 11 is 0. The van der Waals surface area contributed by atoms with Gasteiger partial charge in [-0.2, -0.15) is 0 Å². The number of nitrogens with two attached hydrogens (primary N) is 1. The molecular weight excluding hydrogens is 321 g/mol. The summed E-state index contributed by atoms with van der Waals surface area (Å²) in [5, 5.41) is 3.10. The van der Waals surface area contributed by atoms with Crippen molar-refractivity contribution in [1.29, 1.82) is 0 Å². The molecule has 0 aliphatic heterocycles. The first-order valence-corrected chi connectivity index (χ1v) is 8.40. The SMILES string of the molecule is CCN(CCNC(=O)CC1(CN)CCCCC1)C1CC1.Cl.Cl. The number of likely N-dealkylation sites (N-methyl/N-ethyl adjacent to an activating group) is 1. The quantitative estimate of drug-likeness (QED) is 0.705. The minimum Gasteiger partial charge on any atom is -0.355 e.